The Labute approximate surface area is 156 Å². The Hall–Kier alpha value is -2.86. The van der Waals surface area contributed by atoms with Crippen LogP contribution in [0, 0.1) is 6.92 Å². The second-order valence-electron chi connectivity index (χ2n) is 5.54. The van der Waals surface area contributed by atoms with Crippen LogP contribution in [0.15, 0.2) is 48.5 Å². The van der Waals surface area contributed by atoms with Gasteiger partial charge < -0.3 is 15.4 Å². The monoisotopic (exact) mass is 374 g/mol. The Kier molecular flexibility index (Phi) is 7.17. The van der Waals surface area contributed by atoms with Crippen molar-refractivity contribution in [2.24, 2.45) is 0 Å². The number of nitrogens with one attached hydrogen (secondary N) is 2. The molecule has 0 spiro atoms. The van der Waals surface area contributed by atoms with Crippen LogP contribution in [0.2, 0.25) is 5.02 Å². The van der Waals surface area contributed by atoms with E-state index >= 15 is 0 Å². The van der Waals surface area contributed by atoms with Crippen LogP contribution in [0.1, 0.15) is 22.3 Å². The lowest BCUT2D eigenvalue weighted by Gasteiger charge is -2.09. The van der Waals surface area contributed by atoms with Gasteiger partial charge in [-0.25, -0.2) is 0 Å². The van der Waals surface area contributed by atoms with Gasteiger partial charge in [-0.3, -0.25) is 14.4 Å². The normalized spacial score (nSPS) is 10.1. The fourth-order valence-corrected chi connectivity index (χ4v) is 2.23. The number of anilines is 1. The maximum atomic E-state index is 11.9. The number of amides is 2. The van der Waals surface area contributed by atoms with Crippen LogP contribution < -0.4 is 10.6 Å². The molecule has 2 aromatic rings. The quantitative estimate of drug-likeness (QED) is 0.730. The third kappa shape index (κ3) is 6.22. The van der Waals surface area contributed by atoms with E-state index in [0.29, 0.717) is 16.3 Å². The molecule has 2 N–H and O–H groups in total. The van der Waals surface area contributed by atoms with Gasteiger partial charge in [-0.05, 0) is 42.8 Å². The third-order valence-electron chi connectivity index (χ3n) is 3.50. The molecule has 0 aromatic heterocycles. The smallest absolute Gasteiger partial charge is 0.308 e. The first-order valence-electron chi connectivity index (χ1n) is 8.00. The summed E-state index contributed by atoms with van der Waals surface area (Å²) in [4.78, 5) is 35.3. The predicted octanol–water partition coefficient (Wildman–Crippen LogP) is 2.95. The summed E-state index contributed by atoms with van der Waals surface area (Å²) in [5.41, 5.74) is 2.03. The van der Waals surface area contributed by atoms with Gasteiger partial charge in [0.2, 0.25) is 0 Å². The van der Waals surface area contributed by atoms with E-state index in [4.69, 9.17) is 16.3 Å². The summed E-state index contributed by atoms with van der Waals surface area (Å²) >= 11 is 5.76. The summed E-state index contributed by atoms with van der Waals surface area (Å²) in [5.74, 6) is -1.30. The van der Waals surface area contributed by atoms with Gasteiger partial charge in [-0.1, -0.05) is 29.8 Å². The average molecular weight is 375 g/mol. The zero-order valence-electron chi connectivity index (χ0n) is 14.3. The van der Waals surface area contributed by atoms with Crippen molar-refractivity contribution in [2.45, 2.75) is 13.3 Å². The zero-order chi connectivity index (χ0) is 18.9. The number of rotatable bonds is 7. The van der Waals surface area contributed by atoms with Crippen LogP contribution in [0.3, 0.4) is 0 Å². The van der Waals surface area contributed by atoms with E-state index in [9.17, 15) is 14.4 Å². The second kappa shape index (κ2) is 9.58. The number of halogens is 1. The SMILES string of the molecule is Cc1ccccc1NC(=O)COC(=O)CCNC(=O)c1ccc(Cl)cc1. The van der Waals surface area contributed by atoms with Crippen molar-refractivity contribution in [3.05, 3.63) is 64.7 Å². The molecule has 0 saturated heterocycles. The third-order valence-corrected chi connectivity index (χ3v) is 3.76. The molecule has 0 heterocycles. The molecule has 7 heteroatoms. The van der Waals surface area contributed by atoms with Crippen molar-refractivity contribution >= 4 is 35.1 Å². The van der Waals surface area contributed by atoms with Crippen LogP contribution in [0.25, 0.3) is 0 Å². The zero-order valence-corrected chi connectivity index (χ0v) is 15.0. The lowest BCUT2D eigenvalue weighted by molar-refractivity contribution is -0.147. The Morgan fingerprint density at radius 2 is 1.73 bits per heavy atom. The molecular formula is C19H19ClN2O4. The molecule has 0 saturated carbocycles. The van der Waals surface area contributed by atoms with Crippen molar-refractivity contribution in [1.29, 1.82) is 0 Å². The molecule has 2 aromatic carbocycles. The predicted molar refractivity (Wildman–Crippen MR) is 99.2 cm³/mol. The van der Waals surface area contributed by atoms with E-state index in [1.54, 1.807) is 36.4 Å². The fourth-order valence-electron chi connectivity index (χ4n) is 2.10. The maximum Gasteiger partial charge on any atom is 0.308 e. The first-order valence-corrected chi connectivity index (χ1v) is 8.38. The molecule has 0 radical (unpaired) electrons. The molecule has 0 aliphatic rings. The molecule has 2 rings (SSSR count). The molecule has 0 fully saturated rings. The van der Waals surface area contributed by atoms with Crippen LogP contribution >= 0.6 is 11.6 Å². The maximum absolute atomic E-state index is 11.9. The van der Waals surface area contributed by atoms with E-state index in [1.165, 1.54) is 0 Å². The fraction of sp³-hybridized carbons (Fsp3) is 0.211. The topological polar surface area (TPSA) is 84.5 Å². The van der Waals surface area contributed by atoms with Crippen molar-refractivity contribution < 1.29 is 19.1 Å². The van der Waals surface area contributed by atoms with Crippen molar-refractivity contribution in [2.75, 3.05) is 18.5 Å². The number of para-hydroxylation sites is 1. The highest BCUT2D eigenvalue weighted by Gasteiger charge is 2.10. The van der Waals surface area contributed by atoms with E-state index in [0.717, 1.165) is 5.56 Å². The molecule has 2 amide bonds. The molecular weight excluding hydrogens is 356 g/mol. The molecule has 6 nitrogen and oxygen atoms in total. The molecule has 0 aliphatic heterocycles. The van der Waals surface area contributed by atoms with E-state index in [-0.39, 0.29) is 25.5 Å². The Bertz CT molecular complexity index is 790. The molecule has 0 bridgehead atoms. The highest BCUT2D eigenvalue weighted by atomic mass is 35.5. The summed E-state index contributed by atoms with van der Waals surface area (Å²) in [6, 6.07) is 13.7. The minimum Gasteiger partial charge on any atom is -0.456 e. The second-order valence-corrected chi connectivity index (χ2v) is 5.97. The largest absolute Gasteiger partial charge is 0.456 e. The number of ether oxygens (including phenoxy) is 1. The lowest BCUT2D eigenvalue weighted by atomic mass is 10.2. The van der Waals surface area contributed by atoms with Crippen molar-refractivity contribution in [3.8, 4) is 0 Å². The van der Waals surface area contributed by atoms with Gasteiger partial charge in [-0.15, -0.1) is 0 Å². The Morgan fingerprint density at radius 3 is 2.42 bits per heavy atom. The standard InChI is InChI=1S/C19H19ClN2O4/c1-13-4-2-3-5-16(13)22-17(23)12-26-18(24)10-11-21-19(25)14-6-8-15(20)9-7-14/h2-9H,10-12H2,1H3,(H,21,25)(H,22,23). The number of hydrogen-bond acceptors (Lipinski definition) is 4. The van der Waals surface area contributed by atoms with E-state index in [2.05, 4.69) is 10.6 Å². The minimum absolute atomic E-state index is 0.0308. The summed E-state index contributed by atoms with van der Waals surface area (Å²) in [6.45, 7) is 1.60. The first-order chi connectivity index (χ1) is 12.5. The van der Waals surface area contributed by atoms with Crippen LogP contribution in [0.4, 0.5) is 5.69 Å². The molecule has 0 atom stereocenters. The van der Waals surface area contributed by atoms with Gasteiger partial charge in [0.25, 0.3) is 11.8 Å². The molecule has 26 heavy (non-hydrogen) atoms. The molecule has 0 unspecified atom stereocenters. The number of hydrogen-bond donors (Lipinski definition) is 2. The van der Waals surface area contributed by atoms with Crippen LogP contribution in [0.5, 0.6) is 0 Å². The van der Waals surface area contributed by atoms with Gasteiger partial charge in [0.15, 0.2) is 6.61 Å². The number of carbonyl (C=O) groups excluding carboxylic acids is 3. The summed E-state index contributed by atoms with van der Waals surface area (Å²) in [7, 11) is 0. The number of esters is 1. The molecule has 136 valence electrons. The van der Waals surface area contributed by atoms with E-state index in [1.807, 2.05) is 19.1 Å². The van der Waals surface area contributed by atoms with Crippen molar-refractivity contribution in [1.82, 2.24) is 5.32 Å². The van der Waals surface area contributed by atoms with Gasteiger partial charge in [0.05, 0.1) is 6.42 Å². The lowest BCUT2D eigenvalue weighted by Crippen LogP contribution is -2.27. The van der Waals surface area contributed by atoms with Gasteiger partial charge >= 0.3 is 5.97 Å². The number of carbonyl (C=O) groups is 3. The van der Waals surface area contributed by atoms with Gasteiger partial charge in [0, 0.05) is 22.8 Å². The number of benzene rings is 2. The van der Waals surface area contributed by atoms with Gasteiger partial charge in [-0.2, -0.15) is 0 Å². The first kappa shape index (κ1) is 19.5. The van der Waals surface area contributed by atoms with E-state index < -0.39 is 11.9 Å². The Balaban J connectivity index is 1.67. The highest BCUT2D eigenvalue weighted by molar-refractivity contribution is 6.30. The highest BCUT2D eigenvalue weighted by Crippen LogP contribution is 2.12. The summed E-state index contributed by atoms with van der Waals surface area (Å²) < 4.78 is 4.90. The van der Waals surface area contributed by atoms with Crippen molar-refractivity contribution in [3.63, 3.8) is 0 Å². The molecule has 0 aliphatic carbocycles. The summed E-state index contributed by atoms with van der Waals surface area (Å²) in [6.07, 6.45) is -0.0308. The van der Waals surface area contributed by atoms with Crippen LogP contribution in [-0.4, -0.2) is 30.9 Å². The van der Waals surface area contributed by atoms with Crippen LogP contribution in [-0.2, 0) is 14.3 Å². The number of aryl methyl sites for hydroxylation is 1. The average Bonchev–Trinajstić information content (AvgIpc) is 2.62. The Morgan fingerprint density at radius 1 is 1.04 bits per heavy atom. The minimum atomic E-state index is -0.568. The van der Waals surface area contributed by atoms with Gasteiger partial charge in [0.1, 0.15) is 0 Å². The summed E-state index contributed by atoms with van der Waals surface area (Å²) in [5, 5.41) is 5.81.